The molecule has 7 heteroatoms. The Hall–Kier alpha value is -3.06. The minimum absolute atomic E-state index is 0.726. The first-order valence-electron chi connectivity index (χ1n) is 9.02. The fourth-order valence-electron chi connectivity index (χ4n) is 3.64. The third-order valence-electron chi connectivity index (χ3n) is 5.04. The molecule has 136 valence electrons. The van der Waals surface area contributed by atoms with Gasteiger partial charge in [0.1, 0.15) is 17.9 Å². The molecule has 1 saturated heterocycles. The first kappa shape index (κ1) is 16.1. The SMILES string of the molecule is Cc1noc(C)c1-c1ccc2c(c1)C(c1cc(N3CCOCC3)ncn1)=N2. The van der Waals surface area contributed by atoms with Crippen LogP contribution in [0.3, 0.4) is 0 Å². The van der Waals surface area contributed by atoms with Gasteiger partial charge in [0.15, 0.2) is 0 Å². The molecule has 0 amide bonds. The Morgan fingerprint density at radius 2 is 1.89 bits per heavy atom. The van der Waals surface area contributed by atoms with Crippen molar-refractivity contribution in [2.45, 2.75) is 13.8 Å². The van der Waals surface area contributed by atoms with Crippen molar-refractivity contribution < 1.29 is 9.26 Å². The number of fused-ring (bicyclic) bond motifs is 1. The number of ether oxygens (including phenoxy) is 1. The highest BCUT2D eigenvalue weighted by Gasteiger charge is 2.24. The number of rotatable bonds is 3. The minimum Gasteiger partial charge on any atom is -0.378 e. The highest BCUT2D eigenvalue weighted by atomic mass is 16.5. The largest absolute Gasteiger partial charge is 0.378 e. The molecule has 4 heterocycles. The fourth-order valence-corrected chi connectivity index (χ4v) is 3.64. The number of nitrogens with zero attached hydrogens (tertiary/aromatic N) is 5. The van der Waals surface area contributed by atoms with E-state index in [9.17, 15) is 0 Å². The average Bonchev–Trinajstić information content (AvgIpc) is 3.02. The second-order valence-corrected chi connectivity index (χ2v) is 6.75. The van der Waals surface area contributed by atoms with Crippen molar-refractivity contribution in [3.8, 4) is 11.1 Å². The van der Waals surface area contributed by atoms with E-state index in [-0.39, 0.29) is 0 Å². The maximum Gasteiger partial charge on any atom is 0.141 e. The zero-order valence-electron chi connectivity index (χ0n) is 15.3. The monoisotopic (exact) mass is 361 g/mol. The van der Waals surface area contributed by atoms with Crippen LogP contribution in [0.2, 0.25) is 0 Å². The van der Waals surface area contributed by atoms with Gasteiger partial charge in [-0.05, 0) is 31.5 Å². The predicted molar refractivity (Wildman–Crippen MR) is 102 cm³/mol. The van der Waals surface area contributed by atoms with E-state index in [0.717, 1.165) is 77.4 Å². The third-order valence-corrected chi connectivity index (χ3v) is 5.04. The molecule has 2 aliphatic heterocycles. The molecular formula is C20H19N5O2. The molecule has 0 atom stereocenters. The van der Waals surface area contributed by atoms with Gasteiger partial charge in [-0.15, -0.1) is 0 Å². The van der Waals surface area contributed by atoms with Crippen LogP contribution in [0.1, 0.15) is 22.7 Å². The van der Waals surface area contributed by atoms with Crippen molar-refractivity contribution in [2.24, 2.45) is 4.99 Å². The maximum atomic E-state index is 5.42. The number of aromatic nitrogens is 3. The number of aliphatic imine (C=N–C) groups is 1. The Bertz CT molecular complexity index is 1030. The van der Waals surface area contributed by atoms with Gasteiger partial charge in [0.25, 0.3) is 0 Å². The van der Waals surface area contributed by atoms with Crippen molar-refractivity contribution in [1.29, 1.82) is 0 Å². The zero-order valence-corrected chi connectivity index (χ0v) is 15.3. The van der Waals surface area contributed by atoms with E-state index in [0.29, 0.717) is 0 Å². The van der Waals surface area contributed by atoms with E-state index < -0.39 is 0 Å². The summed E-state index contributed by atoms with van der Waals surface area (Å²) < 4.78 is 10.7. The van der Waals surface area contributed by atoms with Crippen LogP contribution < -0.4 is 4.90 Å². The van der Waals surface area contributed by atoms with Gasteiger partial charge in [-0.2, -0.15) is 0 Å². The number of aryl methyl sites for hydroxylation is 2. The Morgan fingerprint density at radius 3 is 2.67 bits per heavy atom. The smallest absolute Gasteiger partial charge is 0.141 e. The molecule has 2 aliphatic rings. The number of morpholine rings is 1. The molecule has 0 aliphatic carbocycles. The zero-order chi connectivity index (χ0) is 18.4. The molecule has 1 aromatic carbocycles. The molecule has 0 radical (unpaired) electrons. The third kappa shape index (κ3) is 2.71. The molecule has 0 unspecified atom stereocenters. The Kier molecular flexibility index (Phi) is 3.75. The van der Waals surface area contributed by atoms with Crippen LogP contribution in [-0.2, 0) is 4.74 Å². The molecule has 5 rings (SSSR count). The molecule has 0 N–H and O–H groups in total. The first-order valence-corrected chi connectivity index (χ1v) is 9.02. The Balaban J connectivity index is 1.48. The highest BCUT2D eigenvalue weighted by molar-refractivity contribution is 6.21. The van der Waals surface area contributed by atoms with Gasteiger partial charge in [-0.3, -0.25) is 0 Å². The van der Waals surface area contributed by atoms with Gasteiger partial charge >= 0.3 is 0 Å². The van der Waals surface area contributed by atoms with Gasteiger partial charge in [0.05, 0.1) is 36.0 Å². The van der Waals surface area contributed by atoms with Gasteiger partial charge in [0.2, 0.25) is 0 Å². The normalized spacial score (nSPS) is 15.9. The van der Waals surface area contributed by atoms with E-state index in [2.05, 4.69) is 37.1 Å². The lowest BCUT2D eigenvalue weighted by Gasteiger charge is -2.28. The molecule has 27 heavy (non-hydrogen) atoms. The van der Waals surface area contributed by atoms with Crippen molar-refractivity contribution in [1.82, 2.24) is 15.1 Å². The van der Waals surface area contributed by atoms with Crippen molar-refractivity contribution in [3.63, 3.8) is 0 Å². The van der Waals surface area contributed by atoms with Crippen LogP contribution in [0.25, 0.3) is 11.1 Å². The number of benzene rings is 1. The maximum absolute atomic E-state index is 5.42. The topological polar surface area (TPSA) is 76.6 Å². The van der Waals surface area contributed by atoms with Gasteiger partial charge in [-0.25, -0.2) is 15.0 Å². The van der Waals surface area contributed by atoms with Gasteiger partial charge < -0.3 is 14.2 Å². The molecule has 3 aromatic rings. The van der Waals surface area contributed by atoms with Crippen LogP contribution in [-0.4, -0.2) is 47.1 Å². The summed E-state index contributed by atoms with van der Waals surface area (Å²) in [5.41, 5.74) is 6.83. The van der Waals surface area contributed by atoms with Crippen LogP contribution >= 0.6 is 0 Å². The summed E-state index contributed by atoms with van der Waals surface area (Å²) in [5.74, 6) is 1.74. The summed E-state index contributed by atoms with van der Waals surface area (Å²) in [6, 6.07) is 8.24. The van der Waals surface area contributed by atoms with E-state index >= 15 is 0 Å². The first-order chi connectivity index (χ1) is 13.2. The molecule has 0 spiro atoms. The number of hydrogen-bond donors (Lipinski definition) is 0. The summed E-state index contributed by atoms with van der Waals surface area (Å²) in [5, 5.41) is 4.06. The number of hydrogen-bond acceptors (Lipinski definition) is 7. The van der Waals surface area contributed by atoms with Crippen LogP contribution in [0.4, 0.5) is 11.5 Å². The van der Waals surface area contributed by atoms with Crippen LogP contribution in [0.15, 0.2) is 40.1 Å². The van der Waals surface area contributed by atoms with Gasteiger partial charge in [0, 0.05) is 30.3 Å². The fraction of sp³-hybridized carbons (Fsp3) is 0.300. The van der Waals surface area contributed by atoms with Crippen molar-refractivity contribution in [2.75, 3.05) is 31.2 Å². The standard InChI is InChI=1S/C20H19N5O2/c1-12-19(13(2)27-24-12)14-3-4-16-15(9-14)20(23-16)17-10-18(22-11-21-17)25-5-7-26-8-6-25/h3-4,9-11H,5-8H2,1-2H3. The van der Waals surface area contributed by atoms with Crippen molar-refractivity contribution >= 4 is 17.2 Å². The lowest BCUT2D eigenvalue weighted by Crippen LogP contribution is -2.37. The summed E-state index contributed by atoms with van der Waals surface area (Å²) in [6.45, 7) is 7.03. The molecule has 0 saturated carbocycles. The van der Waals surface area contributed by atoms with E-state index in [1.165, 1.54) is 0 Å². The highest BCUT2D eigenvalue weighted by Crippen LogP contribution is 2.37. The van der Waals surface area contributed by atoms with E-state index in [1.54, 1.807) is 6.33 Å². The summed E-state index contributed by atoms with van der Waals surface area (Å²) >= 11 is 0. The lowest BCUT2D eigenvalue weighted by atomic mass is 9.93. The predicted octanol–water partition coefficient (Wildman–Crippen LogP) is 3.07. The minimum atomic E-state index is 0.726. The molecule has 1 fully saturated rings. The molecule has 7 nitrogen and oxygen atoms in total. The van der Waals surface area contributed by atoms with Gasteiger partial charge in [-0.1, -0.05) is 11.2 Å². The quantitative estimate of drug-likeness (QED) is 0.558. The molecule has 0 bridgehead atoms. The second kappa shape index (κ2) is 6.28. The van der Waals surface area contributed by atoms with Crippen LogP contribution in [0.5, 0.6) is 0 Å². The average molecular weight is 361 g/mol. The van der Waals surface area contributed by atoms with E-state index in [1.807, 2.05) is 26.0 Å². The Morgan fingerprint density at radius 1 is 1.04 bits per heavy atom. The molecular weight excluding hydrogens is 342 g/mol. The summed E-state index contributed by atoms with van der Waals surface area (Å²) in [6.07, 6.45) is 1.61. The van der Waals surface area contributed by atoms with E-state index in [4.69, 9.17) is 9.26 Å². The second-order valence-electron chi connectivity index (χ2n) is 6.75. The molecule has 2 aromatic heterocycles. The van der Waals surface area contributed by atoms with Crippen molar-refractivity contribution in [3.05, 3.63) is 53.3 Å². The number of anilines is 1. The lowest BCUT2D eigenvalue weighted by molar-refractivity contribution is 0.122. The summed E-state index contributed by atoms with van der Waals surface area (Å²) in [7, 11) is 0. The summed E-state index contributed by atoms with van der Waals surface area (Å²) in [4.78, 5) is 15.7. The van der Waals surface area contributed by atoms with Crippen LogP contribution in [0, 0.1) is 13.8 Å². The Labute approximate surface area is 156 Å².